The van der Waals surface area contributed by atoms with Crippen molar-refractivity contribution in [3.63, 3.8) is 0 Å². The molecular formula is C28H30ClNO6. The molecule has 190 valence electrons. The fourth-order valence-electron chi connectivity index (χ4n) is 7.25. The summed E-state index contributed by atoms with van der Waals surface area (Å²) in [4.78, 5) is 55.4. The van der Waals surface area contributed by atoms with Crippen molar-refractivity contribution in [3.05, 3.63) is 45.5 Å². The summed E-state index contributed by atoms with van der Waals surface area (Å²) >= 11 is 6.38. The Morgan fingerprint density at radius 2 is 1.81 bits per heavy atom. The summed E-state index contributed by atoms with van der Waals surface area (Å²) in [6.45, 7) is 7.29. The molecule has 0 spiro atoms. The predicted molar refractivity (Wildman–Crippen MR) is 133 cm³/mol. The van der Waals surface area contributed by atoms with Crippen LogP contribution in [0.25, 0.3) is 0 Å². The van der Waals surface area contributed by atoms with Crippen molar-refractivity contribution in [3.8, 4) is 11.5 Å². The van der Waals surface area contributed by atoms with Crippen LogP contribution in [0.4, 0.5) is 0 Å². The van der Waals surface area contributed by atoms with Gasteiger partial charge in [0.15, 0.2) is 23.1 Å². The van der Waals surface area contributed by atoms with Crippen LogP contribution in [0.2, 0.25) is 5.02 Å². The van der Waals surface area contributed by atoms with Gasteiger partial charge in [0.2, 0.25) is 11.8 Å². The second-order valence-corrected chi connectivity index (χ2v) is 11.0. The first-order chi connectivity index (χ1) is 17.0. The SMILES string of the molecule is CCN1C(=O)[C@H]2[C@H](CC=C3[C@H]2C[C@H]2C(=O)C(C)=C(C)C(=O)[C@@]2(C)[C@H]3c2cc(Cl)c(O)c(OC)c2)C1=O. The summed E-state index contributed by atoms with van der Waals surface area (Å²) < 4.78 is 5.36. The second kappa shape index (κ2) is 8.30. The monoisotopic (exact) mass is 511 g/mol. The molecule has 2 fully saturated rings. The lowest BCUT2D eigenvalue weighted by Crippen LogP contribution is -2.55. The molecule has 6 atom stereocenters. The number of hydrogen-bond acceptors (Lipinski definition) is 6. The minimum atomic E-state index is -1.11. The Morgan fingerprint density at radius 1 is 1.11 bits per heavy atom. The zero-order chi connectivity index (χ0) is 26.3. The molecule has 8 heteroatoms. The maximum Gasteiger partial charge on any atom is 0.233 e. The number of ether oxygens (including phenoxy) is 1. The Bertz CT molecular complexity index is 1290. The molecular weight excluding hydrogens is 482 g/mol. The van der Waals surface area contributed by atoms with Gasteiger partial charge in [-0.05, 0) is 68.4 Å². The number of carbonyl (C=O) groups excluding carboxylic acids is 4. The summed E-state index contributed by atoms with van der Waals surface area (Å²) in [6.07, 6.45) is 2.72. The molecule has 2 amide bonds. The smallest absolute Gasteiger partial charge is 0.233 e. The van der Waals surface area contributed by atoms with Crippen LogP contribution in [0.5, 0.6) is 11.5 Å². The van der Waals surface area contributed by atoms with Crippen LogP contribution in [0, 0.1) is 29.1 Å². The van der Waals surface area contributed by atoms with E-state index in [9.17, 15) is 24.3 Å². The average Bonchev–Trinajstić information content (AvgIpc) is 3.11. The number of ketones is 2. The minimum Gasteiger partial charge on any atom is -0.503 e. The number of phenols is 1. The van der Waals surface area contributed by atoms with Crippen molar-refractivity contribution in [2.24, 2.45) is 29.1 Å². The Hall–Kier alpha value is -2.93. The van der Waals surface area contributed by atoms with Crippen LogP contribution in [0.1, 0.15) is 52.0 Å². The van der Waals surface area contributed by atoms with Crippen molar-refractivity contribution in [1.82, 2.24) is 4.90 Å². The number of allylic oxidation sites excluding steroid dienone is 4. The fourth-order valence-corrected chi connectivity index (χ4v) is 7.47. The summed E-state index contributed by atoms with van der Waals surface area (Å²) in [5.74, 6) is -3.23. The maximum atomic E-state index is 14.0. The van der Waals surface area contributed by atoms with Crippen LogP contribution >= 0.6 is 11.6 Å². The van der Waals surface area contributed by atoms with E-state index in [0.717, 1.165) is 5.57 Å². The Morgan fingerprint density at radius 3 is 2.44 bits per heavy atom. The minimum absolute atomic E-state index is 0.0724. The van der Waals surface area contributed by atoms with Crippen LogP contribution in [-0.2, 0) is 19.2 Å². The van der Waals surface area contributed by atoms with Crippen LogP contribution in [0.3, 0.4) is 0 Å². The molecule has 1 N–H and O–H groups in total. The van der Waals surface area contributed by atoms with Gasteiger partial charge in [-0.2, -0.15) is 0 Å². The number of Topliss-reactive ketones (excluding diaryl/α,β-unsaturated/α-hetero) is 2. The number of benzene rings is 1. The first-order valence-corrected chi connectivity index (χ1v) is 12.7. The number of carbonyl (C=O) groups is 4. The number of fused-ring (bicyclic) bond motifs is 4. The molecule has 0 bridgehead atoms. The molecule has 1 heterocycles. The number of likely N-dealkylation sites (tertiary alicyclic amines) is 1. The van der Waals surface area contributed by atoms with Crippen molar-refractivity contribution in [2.45, 2.75) is 46.5 Å². The largest absolute Gasteiger partial charge is 0.503 e. The van der Waals surface area contributed by atoms with Gasteiger partial charge in [0, 0.05) is 18.4 Å². The summed E-state index contributed by atoms with van der Waals surface area (Å²) in [5.41, 5.74) is 1.29. The van der Waals surface area contributed by atoms with Gasteiger partial charge >= 0.3 is 0 Å². The first-order valence-electron chi connectivity index (χ1n) is 12.4. The number of rotatable bonds is 3. The molecule has 1 aromatic carbocycles. The normalized spacial score (nSPS) is 33.9. The summed E-state index contributed by atoms with van der Waals surface area (Å²) in [7, 11) is 1.42. The predicted octanol–water partition coefficient (Wildman–Crippen LogP) is 4.22. The van der Waals surface area contributed by atoms with E-state index in [0.29, 0.717) is 36.1 Å². The molecule has 1 aliphatic heterocycles. The van der Waals surface area contributed by atoms with E-state index in [1.54, 1.807) is 32.9 Å². The number of nitrogens with zero attached hydrogens (tertiary/aromatic N) is 1. The molecule has 0 aromatic heterocycles. The van der Waals surface area contributed by atoms with Crippen molar-refractivity contribution in [2.75, 3.05) is 13.7 Å². The van der Waals surface area contributed by atoms with Gasteiger partial charge in [-0.15, -0.1) is 0 Å². The zero-order valence-electron chi connectivity index (χ0n) is 21.1. The van der Waals surface area contributed by atoms with Gasteiger partial charge in [-0.25, -0.2) is 0 Å². The molecule has 0 unspecified atom stereocenters. The van der Waals surface area contributed by atoms with E-state index >= 15 is 0 Å². The Labute approximate surface area is 215 Å². The highest BCUT2D eigenvalue weighted by Gasteiger charge is 2.63. The van der Waals surface area contributed by atoms with Crippen molar-refractivity contribution < 1.29 is 29.0 Å². The van der Waals surface area contributed by atoms with E-state index < -0.39 is 29.1 Å². The Balaban J connectivity index is 1.76. The lowest BCUT2D eigenvalue weighted by Gasteiger charge is -2.54. The van der Waals surface area contributed by atoms with Crippen molar-refractivity contribution in [1.29, 1.82) is 0 Å². The quantitative estimate of drug-likeness (QED) is 0.481. The first kappa shape index (κ1) is 24.8. The lowest BCUT2D eigenvalue weighted by molar-refractivity contribution is -0.143. The highest BCUT2D eigenvalue weighted by atomic mass is 35.5. The molecule has 1 aromatic rings. The maximum absolute atomic E-state index is 14.0. The van der Waals surface area contributed by atoms with Gasteiger partial charge in [0.25, 0.3) is 0 Å². The third-order valence-electron chi connectivity index (χ3n) is 9.18. The van der Waals surface area contributed by atoms with E-state index in [-0.39, 0.29) is 45.8 Å². The number of hydrogen-bond donors (Lipinski definition) is 1. The molecule has 1 saturated carbocycles. The molecule has 3 aliphatic carbocycles. The number of phenolic OH excluding ortho intramolecular Hbond substituents is 1. The number of halogens is 1. The van der Waals surface area contributed by atoms with Crippen LogP contribution < -0.4 is 4.74 Å². The average molecular weight is 512 g/mol. The van der Waals surface area contributed by atoms with Gasteiger partial charge in [0.1, 0.15) is 0 Å². The van der Waals surface area contributed by atoms with Gasteiger partial charge in [-0.3, -0.25) is 24.1 Å². The van der Waals surface area contributed by atoms with E-state index in [4.69, 9.17) is 16.3 Å². The third-order valence-corrected chi connectivity index (χ3v) is 9.47. The fraction of sp³-hybridized carbons (Fsp3) is 0.500. The van der Waals surface area contributed by atoms with Crippen LogP contribution in [0.15, 0.2) is 34.9 Å². The van der Waals surface area contributed by atoms with Gasteiger partial charge in [0.05, 0.1) is 29.4 Å². The topological polar surface area (TPSA) is 101 Å². The van der Waals surface area contributed by atoms with Gasteiger partial charge in [-0.1, -0.05) is 30.2 Å². The molecule has 5 rings (SSSR count). The standard InChI is InChI=1S/C28H30ClNO6/c1-6-30-26(34)16-8-7-15-17(21(16)27(30)35)11-18-23(31)12(2)13(3)25(33)28(18,4)22(15)14-9-19(29)24(32)20(10-14)36-5/h7,9-10,16-18,21-22,32H,6,8,11H2,1-5H3/t16-,17+,18-,21-,22-,28+/m0/s1. The van der Waals surface area contributed by atoms with Crippen molar-refractivity contribution >= 4 is 35.0 Å². The van der Waals surface area contributed by atoms with Crippen LogP contribution in [-0.4, -0.2) is 47.0 Å². The third kappa shape index (κ3) is 3.04. The van der Waals surface area contributed by atoms with E-state index in [2.05, 4.69) is 0 Å². The highest BCUT2D eigenvalue weighted by Crippen LogP contribution is 2.63. The molecule has 0 radical (unpaired) electrons. The number of amides is 2. The number of aromatic hydroxyl groups is 1. The summed E-state index contributed by atoms with van der Waals surface area (Å²) in [6, 6.07) is 3.27. The summed E-state index contributed by atoms with van der Waals surface area (Å²) in [5, 5.41) is 10.4. The van der Waals surface area contributed by atoms with E-state index in [1.807, 2.05) is 13.0 Å². The molecule has 4 aliphatic rings. The molecule has 1 saturated heterocycles. The molecule has 7 nitrogen and oxygen atoms in total. The Kier molecular flexibility index (Phi) is 5.71. The number of methoxy groups -OCH3 is 1. The number of imide groups is 1. The van der Waals surface area contributed by atoms with E-state index in [1.165, 1.54) is 12.0 Å². The van der Waals surface area contributed by atoms with Gasteiger partial charge < -0.3 is 9.84 Å². The lowest BCUT2D eigenvalue weighted by atomic mass is 9.46. The molecule has 36 heavy (non-hydrogen) atoms. The highest BCUT2D eigenvalue weighted by molar-refractivity contribution is 6.32. The second-order valence-electron chi connectivity index (χ2n) is 10.6. The zero-order valence-corrected chi connectivity index (χ0v) is 21.8.